The van der Waals surface area contributed by atoms with Crippen molar-refractivity contribution in [2.75, 3.05) is 13.1 Å². The Bertz CT molecular complexity index is 806. The van der Waals surface area contributed by atoms with Gasteiger partial charge in [-0.15, -0.1) is 0 Å². The van der Waals surface area contributed by atoms with Crippen molar-refractivity contribution in [1.82, 2.24) is 10.2 Å². The highest BCUT2D eigenvalue weighted by Gasteiger charge is 2.46. The molecule has 0 bridgehead atoms. The van der Waals surface area contributed by atoms with Crippen molar-refractivity contribution in [2.24, 2.45) is 5.92 Å². The van der Waals surface area contributed by atoms with E-state index in [1.54, 1.807) is 12.1 Å². The number of nitrogens with one attached hydrogen (secondary N) is 1. The quantitative estimate of drug-likeness (QED) is 0.665. The molecule has 2 aliphatic rings. The normalized spacial score (nSPS) is 25.8. The van der Waals surface area contributed by atoms with Crippen LogP contribution in [-0.4, -0.2) is 52.3 Å². The highest BCUT2D eigenvalue weighted by Crippen LogP contribution is 2.43. The average Bonchev–Trinajstić information content (AvgIpc) is 2.69. The van der Waals surface area contributed by atoms with Gasteiger partial charge in [0.15, 0.2) is 0 Å². The molecule has 1 aliphatic carbocycles. The molecule has 6 nitrogen and oxygen atoms in total. The van der Waals surface area contributed by atoms with E-state index in [4.69, 9.17) is 16.3 Å². The van der Waals surface area contributed by atoms with Crippen LogP contribution in [0.15, 0.2) is 24.3 Å². The second kappa shape index (κ2) is 10.0. The third-order valence-electron chi connectivity index (χ3n) is 6.63. The summed E-state index contributed by atoms with van der Waals surface area (Å²) in [4.78, 5) is 27.6. The third kappa shape index (κ3) is 6.38. The van der Waals surface area contributed by atoms with Gasteiger partial charge in [-0.2, -0.15) is 0 Å². The largest absolute Gasteiger partial charge is 0.444 e. The molecule has 0 spiro atoms. The van der Waals surface area contributed by atoms with Crippen LogP contribution in [0.4, 0.5) is 4.79 Å². The van der Waals surface area contributed by atoms with E-state index in [9.17, 15) is 14.7 Å². The number of ether oxygens (including phenoxy) is 1. The van der Waals surface area contributed by atoms with Crippen LogP contribution in [0.5, 0.6) is 0 Å². The van der Waals surface area contributed by atoms with Gasteiger partial charge in [-0.3, -0.25) is 4.79 Å². The molecular formula is C25H37ClN2O4. The summed E-state index contributed by atoms with van der Waals surface area (Å²) < 4.78 is 5.35. The first-order valence-electron chi connectivity index (χ1n) is 11.7. The summed E-state index contributed by atoms with van der Waals surface area (Å²) in [5.74, 6) is -0.135. The van der Waals surface area contributed by atoms with Crippen LogP contribution in [0, 0.1) is 5.92 Å². The maximum absolute atomic E-state index is 13.7. The summed E-state index contributed by atoms with van der Waals surface area (Å²) in [5.41, 5.74) is -0.842. The standard InChI is InChI=1S/C25H37ClN2O4/c1-17-8-12-25(31,13-9-17)21(18-6-5-7-19(26)16-18)22(29)28-14-10-20(11-15-28)27-23(30)32-24(2,3)4/h5-7,16-17,20-21,31H,8-15H2,1-4H3,(H,27,30). The summed E-state index contributed by atoms with van der Waals surface area (Å²) in [5, 5.41) is 15.1. The molecule has 1 saturated heterocycles. The van der Waals surface area contributed by atoms with Gasteiger partial charge in [-0.25, -0.2) is 4.79 Å². The maximum atomic E-state index is 13.7. The second-order valence-corrected chi connectivity index (χ2v) is 11.0. The summed E-state index contributed by atoms with van der Waals surface area (Å²) >= 11 is 6.24. The Morgan fingerprint density at radius 3 is 2.38 bits per heavy atom. The van der Waals surface area contributed by atoms with Crippen LogP contribution in [0.1, 0.15) is 77.7 Å². The van der Waals surface area contributed by atoms with Crippen molar-refractivity contribution >= 4 is 23.6 Å². The van der Waals surface area contributed by atoms with E-state index in [0.717, 1.165) is 18.4 Å². The minimum atomic E-state index is -1.07. The molecular weight excluding hydrogens is 428 g/mol. The molecule has 0 radical (unpaired) electrons. The van der Waals surface area contributed by atoms with Crippen LogP contribution in [0.2, 0.25) is 5.02 Å². The fourth-order valence-corrected chi connectivity index (χ4v) is 5.02. The number of benzene rings is 1. The Morgan fingerprint density at radius 2 is 1.81 bits per heavy atom. The lowest BCUT2D eigenvalue weighted by Gasteiger charge is -2.43. The van der Waals surface area contributed by atoms with E-state index >= 15 is 0 Å². The molecule has 32 heavy (non-hydrogen) atoms. The topological polar surface area (TPSA) is 78.9 Å². The van der Waals surface area contributed by atoms with Gasteiger partial charge in [-0.05, 0) is 82.9 Å². The van der Waals surface area contributed by atoms with Gasteiger partial charge >= 0.3 is 6.09 Å². The Balaban J connectivity index is 1.70. The van der Waals surface area contributed by atoms with Crippen LogP contribution in [0.3, 0.4) is 0 Å². The first-order chi connectivity index (χ1) is 15.0. The van der Waals surface area contributed by atoms with E-state index in [1.807, 2.05) is 37.8 Å². The number of hydrogen-bond donors (Lipinski definition) is 2. The lowest BCUT2D eigenvalue weighted by molar-refractivity contribution is -0.143. The zero-order chi connectivity index (χ0) is 23.5. The molecule has 2 N–H and O–H groups in total. The van der Waals surface area contributed by atoms with Gasteiger partial charge in [0.25, 0.3) is 0 Å². The SMILES string of the molecule is CC1CCC(O)(C(C(=O)N2CCC(NC(=O)OC(C)(C)C)CC2)c2cccc(Cl)c2)CC1. The molecule has 3 rings (SSSR count). The lowest BCUT2D eigenvalue weighted by atomic mass is 9.69. The van der Waals surface area contributed by atoms with Crippen molar-refractivity contribution in [2.45, 2.75) is 89.4 Å². The number of carbonyl (C=O) groups excluding carboxylic acids is 2. The Morgan fingerprint density at radius 1 is 1.19 bits per heavy atom. The second-order valence-electron chi connectivity index (χ2n) is 10.5. The Kier molecular flexibility index (Phi) is 7.77. The first-order valence-corrected chi connectivity index (χ1v) is 12.1. The molecule has 2 fully saturated rings. The number of nitrogens with zero attached hydrogens (tertiary/aromatic N) is 1. The molecule has 1 unspecified atom stereocenters. The summed E-state index contributed by atoms with van der Waals surface area (Å²) in [6, 6.07) is 7.28. The number of amides is 2. The van der Waals surface area contributed by atoms with E-state index < -0.39 is 23.2 Å². The zero-order valence-corrected chi connectivity index (χ0v) is 20.5. The van der Waals surface area contributed by atoms with Crippen molar-refractivity contribution in [3.8, 4) is 0 Å². The molecule has 2 amide bonds. The van der Waals surface area contributed by atoms with Gasteiger partial charge < -0.3 is 20.1 Å². The number of aliphatic hydroxyl groups is 1. The van der Waals surface area contributed by atoms with Gasteiger partial charge in [0, 0.05) is 24.2 Å². The molecule has 1 atom stereocenters. The fraction of sp³-hybridized carbons (Fsp3) is 0.680. The molecule has 1 aromatic rings. The van der Waals surface area contributed by atoms with Crippen LogP contribution < -0.4 is 5.32 Å². The Labute approximate surface area is 196 Å². The van der Waals surface area contributed by atoms with Crippen molar-refractivity contribution < 1.29 is 19.4 Å². The van der Waals surface area contributed by atoms with Crippen molar-refractivity contribution in [3.63, 3.8) is 0 Å². The molecule has 7 heteroatoms. The van der Waals surface area contributed by atoms with Crippen LogP contribution in [-0.2, 0) is 9.53 Å². The number of carbonyl (C=O) groups is 2. The fourth-order valence-electron chi connectivity index (χ4n) is 4.82. The monoisotopic (exact) mass is 464 g/mol. The summed E-state index contributed by atoms with van der Waals surface area (Å²) in [6.45, 7) is 8.76. The highest BCUT2D eigenvalue weighted by atomic mass is 35.5. The molecule has 0 aromatic heterocycles. The predicted molar refractivity (Wildman–Crippen MR) is 126 cm³/mol. The third-order valence-corrected chi connectivity index (χ3v) is 6.87. The molecule has 1 aromatic carbocycles. The van der Waals surface area contributed by atoms with E-state index in [2.05, 4.69) is 12.2 Å². The Hall–Kier alpha value is -1.79. The summed E-state index contributed by atoms with van der Waals surface area (Å²) in [7, 11) is 0. The molecule has 1 aliphatic heterocycles. The van der Waals surface area contributed by atoms with Gasteiger partial charge in [0.05, 0.1) is 11.5 Å². The van der Waals surface area contributed by atoms with Crippen molar-refractivity contribution in [1.29, 1.82) is 0 Å². The maximum Gasteiger partial charge on any atom is 0.407 e. The number of hydrogen-bond acceptors (Lipinski definition) is 4. The number of piperidine rings is 1. The van der Waals surface area contributed by atoms with Gasteiger partial charge in [-0.1, -0.05) is 30.7 Å². The number of likely N-dealkylation sites (tertiary alicyclic amines) is 1. The number of halogens is 1. The zero-order valence-electron chi connectivity index (χ0n) is 19.7. The number of rotatable bonds is 4. The lowest BCUT2D eigenvalue weighted by Crippen LogP contribution is -2.52. The van der Waals surface area contributed by atoms with Crippen molar-refractivity contribution in [3.05, 3.63) is 34.9 Å². The average molecular weight is 465 g/mol. The highest BCUT2D eigenvalue weighted by molar-refractivity contribution is 6.30. The van der Waals surface area contributed by atoms with E-state index in [0.29, 0.717) is 49.7 Å². The predicted octanol–water partition coefficient (Wildman–Crippen LogP) is 4.88. The van der Waals surface area contributed by atoms with Crippen LogP contribution in [0.25, 0.3) is 0 Å². The minimum absolute atomic E-state index is 0.0304. The molecule has 1 saturated carbocycles. The summed E-state index contributed by atoms with van der Waals surface area (Å²) in [6.07, 6.45) is 3.91. The molecule has 178 valence electrons. The molecule has 1 heterocycles. The number of alkyl carbamates (subject to hydrolysis) is 1. The van der Waals surface area contributed by atoms with E-state index in [1.165, 1.54) is 0 Å². The smallest absolute Gasteiger partial charge is 0.407 e. The van der Waals surface area contributed by atoms with Gasteiger partial charge in [0.1, 0.15) is 5.60 Å². The van der Waals surface area contributed by atoms with Gasteiger partial charge in [0.2, 0.25) is 5.91 Å². The first kappa shape index (κ1) is 24.8. The van der Waals surface area contributed by atoms with Crippen LogP contribution >= 0.6 is 11.6 Å². The van der Waals surface area contributed by atoms with E-state index in [-0.39, 0.29) is 11.9 Å². The minimum Gasteiger partial charge on any atom is -0.444 e.